The van der Waals surface area contributed by atoms with Crippen LogP contribution in [-0.4, -0.2) is 32.1 Å². The lowest BCUT2D eigenvalue weighted by Crippen LogP contribution is -2.32. The van der Waals surface area contributed by atoms with Crippen LogP contribution >= 0.6 is 0 Å². The molecular formula is C15H23N5O. The van der Waals surface area contributed by atoms with E-state index in [0.29, 0.717) is 12.5 Å². The molecule has 0 bridgehead atoms. The van der Waals surface area contributed by atoms with Gasteiger partial charge < -0.3 is 14.9 Å². The number of hydrogen-bond acceptors (Lipinski definition) is 4. The van der Waals surface area contributed by atoms with Crippen molar-refractivity contribution < 1.29 is 0 Å². The van der Waals surface area contributed by atoms with E-state index in [0.717, 1.165) is 36.9 Å². The van der Waals surface area contributed by atoms with Crippen LogP contribution in [0.1, 0.15) is 31.2 Å². The second-order valence-corrected chi connectivity index (χ2v) is 5.29. The third-order valence-corrected chi connectivity index (χ3v) is 3.36. The number of hydrogen-bond donors (Lipinski definition) is 2. The average Bonchev–Trinajstić information content (AvgIpc) is 2.84. The van der Waals surface area contributed by atoms with Crippen LogP contribution in [0, 0.1) is 6.92 Å². The lowest BCUT2D eigenvalue weighted by atomic mass is 10.3. The molecule has 6 nitrogen and oxygen atoms in total. The van der Waals surface area contributed by atoms with Gasteiger partial charge in [-0.15, -0.1) is 0 Å². The Kier molecular flexibility index (Phi) is 5.27. The molecule has 2 aromatic rings. The van der Waals surface area contributed by atoms with Crippen molar-refractivity contribution in [3.63, 3.8) is 0 Å². The van der Waals surface area contributed by atoms with Gasteiger partial charge in [-0.05, 0) is 13.8 Å². The zero-order valence-corrected chi connectivity index (χ0v) is 12.9. The smallest absolute Gasteiger partial charge is 0.251 e. The Bertz CT molecular complexity index is 631. The van der Waals surface area contributed by atoms with Gasteiger partial charge in [0, 0.05) is 56.1 Å². The second kappa shape index (κ2) is 7.17. The Balaban J connectivity index is 1.81. The van der Waals surface area contributed by atoms with E-state index in [1.54, 1.807) is 0 Å². The molecule has 0 fully saturated rings. The van der Waals surface area contributed by atoms with Crippen molar-refractivity contribution in [3.05, 3.63) is 46.2 Å². The predicted molar refractivity (Wildman–Crippen MR) is 82.4 cm³/mol. The number of aryl methyl sites for hydroxylation is 2. The molecule has 2 N–H and O–H groups in total. The van der Waals surface area contributed by atoms with Crippen molar-refractivity contribution >= 4 is 0 Å². The molecule has 2 rings (SSSR count). The highest BCUT2D eigenvalue weighted by Crippen LogP contribution is 2.00. The average molecular weight is 289 g/mol. The van der Waals surface area contributed by atoms with Crippen molar-refractivity contribution in [2.45, 2.75) is 46.2 Å². The lowest BCUT2D eigenvalue weighted by molar-refractivity contribution is 0.469. The lowest BCUT2D eigenvalue weighted by Gasteiger charge is -2.15. The first kappa shape index (κ1) is 15.4. The predicted octanol–water partition coefficient (Wildman–Crippen LogP) is 1.06. The molecule has 0 aliphatic carbocycles. The summed E-state index contributed by atoms with van der Waals surface area (Å²) in [6.45, 7) is 7.76. The van der Waals surface area contributed by atoms with Crippen LogP contribution in [-0.2, 0) is 19.4 Å². The van der Waals surface area contributed by atoms with Crippen molar-refractivity contribution in [1.29, 1.82) is 0 Å². The Labute approximate surface area is 124 Å². The summed E-state index contributed by atoms with van der Waals surface area (Å²) in [7, 11) is 0. The number of aromatic amines is 1. The number of rotatable bonds is 7. The van der Waals surface area contributed by atoms with E-state index in [2.05, 4.69) is 38.7 Å². The molecule has 0 aliphatic rings. The first-order valence-corrected chi connectivity index (χ1v) is 7.38. The highest BCUT2D eigenvalue weighted by atomic mass is 16.1. The molecule has 0 amide bonds. The zero-order chi connectivity index (χ0) is 15.2. The zero-order valence-electron chi connectivity index (χ0n) is 12.9. The molecular weight excluding hydrogens is 266 g/mol. The Morgan fingerprint density at radius 2 is 2.29 bits per heavy atom. The molecule has 0 spiro atoms. The first-order valence-electron chi connectivity index (χ1n) is 7.38. The van der Waals surface area contributed by atoms with Gasteiger partial charge in [-0.25, -0.2) is 9.97 Å². The largest absolute Gasteiger partial charge is 0.333 e. The highest BCUT2D eigenvalue weighted by molar-refractivity contribution is 5.00. The molecule has 21 heavy (non-hydrogen) atoms. The minimum atomic E-state index is -0.0865. The Hall–Kier alpha value is -1.95. The molecule has 6 heteroatoms. The van der Waals surface area contributed by atoms with Crippen LogP contribution in [0.5, 0.6) is 0 Å². The van der Waals surface area contributed by atoms with Gasteiger partial charge in [0.05, 0.1) is 0 Å². The fourth-order valence-corrected chi connectivity index (χ4v) is 2.38. The van der Waals surface area contributed by atoms with E-state index in [1.807, 2.05) is 19.3 Å². The van der Waals surface area contributed by atoms with Crippen LogP contribution in [0.3, 0.4) is 0 Å². The van der Waals surface area contributed by atoms with Gasteiger partial charge in [-0.2, -0.15) is 0 Å². The maximum absolute atomic E-state index is 11.4. The van der Waals surface area contributed by atoms with Gasteiger partial charge in [0.1, 0.15) is 11.6 Å². The summed E-state index contributed by atoms with van der Waals surface area (Å²) < 4.78 is 2.17. The molecule has 0 saturated carbocycles. The van der Waals surface area contributed by atoms with Gasteiger partial charge in [0.15, 0.2) is 0 Å². The summed E-state index contributed by atoms with van der Waals surface area (Å²) in [4.78, 5) is 22.8. The van der Waals surface area contributed by atoms with Crippen molar-refractivity contribution in [2.75, 3.05) is 6.54 Å². The van der Waals surface area contributed by atoms with Crippen LogP contribution in [0.15, 0.2) is 23.3 Å². The molecule has 0 aliphatic heterocycles. The summed E-state index contributed by atoms with van der Waals surface area (Å²) in [6.07, 6.45) is 5.50. The normalized spacial score (nSPS) is 12.5. The fraction of sp³-hybridized carbons (Fsp3) is 0.533. The SMILES string of the molecule is CCc1nccn1CC(C)NCCc1nc(C)cc(=O)[nH]1. The van der Waals surface area contributed by atoms with E-state index < -0.39 is 0 Å². The third-order valence-electron chi connectivity index (χ3n) is 3.36. The minimum Gasteiger partial charge on any atom is -0.333 e. The first-order chi connectivity index (χ1) is 10.1. The van der Waals surface area contributed by atoms with Crippen molar-refractivity contribution in [3.8, 4) is 0 Å². The molecule has 1 atom stereocenters. The van der Waals surface area contributed by atoms with Gasteiger partial charge in [0.25, 0.3) is 5.56 Å². The van der Waals surface area contributed by atoms with E-state index in [9.17, 15) is 4.79 Å². The maximum Gasteiger partial charge on any atom is 0.251 e. The van der Waals surface area contributed by atoms with Gasteiger partial charge in [-0.1, -0.05) is 6.92 Å². The summed E-state index contributed by atoms with van der Waals surface area (Å²) in [5.74, 6) is 1.84. The van der Waals surface area contributed by atoms with Crippen LogP contribution in [0.4, 0.5) is 0 Å². The molecule has 1 unspecified atom stereocenters. The number of aromatic nitrogens is 4. The number of nitrogens with one attached hydrogen (secondary N) is 2. The van der Waals surface area contributed by atoms with Crippen LogP contribution in [0.25, 0.3) is 0 Å². The highest BCUT2D eigenvalue weighted by Gasteiger charge is 2.06. The van der Waals surface area contributed by atoms with Gasteiger partial charge in [0.2, 0.25) is 0 Å². The second-order valence-electron chi connectivity index (χ2n) is 5.29. The molecule has 0 saturated heterocycles. The van der Waals surface area contributed by atoms with Gasteiger partial charge in [-0.3, -0.25) is 4.79 Å². The standard InChI is InChI=1S/C15H23N5O/c1-4-14-17-7-8-20(14)10-12(3)16-6-5-13-18-11(2)9-15(21)19-13/h7-9,12,16H,4-6,10H2,1-3H3,(H,18,19,21). The van der Waals surface area contributed by atoms with E-state index in [-0.39, 0.29) is 5.56 Å². The van der Waals surface area contributed by atoms with E-state index in [1.165, 1.54) is 6.07 Å². The summed E-state index contributed by atoms with van der Waals surface area (Å²) in [6, 6.07) is 1.84. The summed E-state index contributed by atoms with van der Waals surface area (Å²) >= 11 is 0. The topological polar surface area (TPSA) is 75.6 Å². The maximum atomic E-state index is 11.4. The van der Waals surface area contributed by atoms with Gasteiger partial charge >= 0.3 is 0 Å². The fourth-order valence-electron chi connectivity index (χ4n) is 2.38. The molecule has 2 aromatic heterocycles. The van der Waals surface area contributed by atoms with Crippen molar-refractivity contribution in [2.24, 2.45) is 0 Å². The Morgan fingerprint density at radius 1 is 1.48 bits per heavy atom. The number of imidazole rings is 1. The molecule has 0 radical (unpaired) electrons. The molecule has 114 valence electrons. The van der Waals surface area contributed by atoms with Crippen LogP contribution < -0.4 is 10.9 Å². The Morgan fingerprint density at radius 3 is 3.00 bits per heavy atom. The monoisotopic (exact) mass is 289 g/mol. The quantitative estimate of drug-likeness (QED) is 0.799. The number of H-pyrrole nitrogens is 1. The van der Waals surface area contributed by atoms with Crippen LogP contribution in [0.2, 0.25) is 0 Å². The molecule has 0 aromatic carbocycles. The third kappa shape index (κ3) is 4.53. The summed E-state index contributed by atoms with van der Waals surface area (Å²) in [5, 5.41) is 3.45. The minimum absolute atomic E-state index is 0.0865. The number of nitrogens with zero attached hydrogens (tertiary/aromatic N) is 3. The molecule has 2 heterocycles. The summed E-state index contributed by atoms with van der Waals surface area (Å²) in [5.41, 5.74) is 0.671. The van der Waals surface area contributed by atoms with E-state index in [4.69, 9.17) is 0 Å². The van der Waals surface area contributed by atoms with E-state index >= 15 is 0 Å². The van der Waals surface area contributed by atoms with Crippen molar-refractivity contribution in [1.82, 2.24) is 24.8 Å².